The van der Waals surface area contributed by atoms with Crippen molar-refractivity contribution < 1.29 is 9.21 Å². The Kier molecular flexibility index (Phi) is 5.67. The van der Waals surface area contributed by atoms with E-state index >= 15 is 0 Å². The highest BCUT2D eigenvalue weighted by Gasteiger charge is 2.16. The molecule has 24 heavy (non-hydrogen) atoms. The van der Waals surface area contributed by atoms with Gasteiger partial charge in [0.15, 0.2) is 5.76 Å². The summed E-state index contributed by atoms with van der Waals surface area (Å²) in [6.45, 7) is 0. The van der Waals surface area contributed by atoms with Gasteiger partial charge < -0.3 is 9.73 Å². The summed E-state index contributed by atoms with van der Waals surface area (Å²) in [4.78, 5) is 14.7. The summed E-state index contributed by atoms with van der Waals surface area (Å²) < 4.78 is 5.43. The molecule has 0 aliphatic rings. The van der Waals surface area contributed by atoms with E-state index in [0.29, 0.717) is 11.5 Å². The molecule has 0 atom stereocenters. The molecule has 0 radical (unpaired) electrons. The van der Waals surface area contributed by atoms with E-state index < -0.39 is 0 Å². The highest BCUT2D eigenvalue weighted by molar-refractivity contribution is 7.98. The Balaban J connectivity index is 1.71. The maximum atomic E-state index is 12.6. The number of anilines is 1. The van der Waals surface area contributed by atoms with Crippen molar-refractivity contribution in [3.05, 3.63) is 78.3 Å². The van der Waals surface area contributed by atoms with Crippen LogP contribution in [0.25, 0.3) is 0 Å². The molecule has 0 fully saturated rings. The molecule has 122 valence electrons. The van der Waals surface area contributed by atoms with Crippen molar-refractivity contribution in [3.63, 3.8) is 0 Å². The summed E-state index contributed by atoms with van der Waals surface area (Å²) in [7, 11) is 0. The molecule has 0 saturated heterocycles. The van der Waals surface area contributed by atoms with Crippen molar-refractivity contribution >= 4 is 35.1 Å². The van der Waals surface area contributed by atoms with Gasteiger partial charge in [0.2, 0.25) is 0 Å². The van der Waals surface area contributed by atoms with E-state index in [2.05, 4.69) is 17.4 Å². The van der Waals surface area contributed by atoms with Crippen LogP contribution < -0.4 is 5.32 Å². The number of rotatable bonds is 6. The largest absolute Gasteiger partial charge is 0.459 e. The topological polar surface area (TPSA) is 42.2 Å². The summed E-state index contributed by atoms with van der Waals surface area (Å²) >= 11 is 3.28. The van der Waals surface area contributed by atoms with Crippen LogP contribution in [0, 0.1) is 0 Å². The Morgan fingerprint density at radius 1 is 1.04 bits per heavy atom. The molecule has 5 heteroatoms. The number of carbonyl (C=O) groups is 1. The Morgan fingerprint density at radius 3 is 2.58 bits per heavy atom. The number of para-hydroxylation sites is 1. The molecule has 3 aromatic rings. The fraction of sp³-hybridized carbons (Fsp3) is 0.105. The molecule has 3 rings (SSSR count). The first kappa shape index (κ1) is 16.7. The molecular weight excluding hydrogens is 338 g/mol. The average molecular weight is 355 g/mol. The van der Waals surface area contributed by atoms with Gasteiger partial charge in [-0.1, -0.05) is 30.3 Å². The highest BCUT2D eigenvalue weighted by atomic mass is 32.2. The number of furan rings is 1. The number of nitrogens with one attached hydrogen (secondary N) is 1. The first-order valence-corrected chi connectivity index (χ1v) is 9.67. The lowest BCUT2D eigenvalue weighted by molar-refractivity contribution is 0.0995. The molecule has 3 nitrogen and oxygen atoms in total. The van der Waals surface area contributed by atoms with E-state index in [9.17, 15) is 4.79 Å². The second-order valence-electron chi connectivity index (χ2n) is 5.03. The summed E-state index contributed by atoms with van der Waals surface area (Å²) in [6.07, 6.45) is 3.55. The Morgan fingerprint density at radius 2 is 1.79 bits per heavy atom. The van der Waals surface area contributed by atoms with Gasteiger partial charge in [-0.3, -0.25) is 4.79 Å². The lowest BCUT2D eigenvalue weighted by atomic mass is 10.2. The summed E-state index contributed by atoms with van der Waals surface area (Å²) in [5.41, 5.74) is 1.69. The van der Waals surface area contributed by atoms with Crippen LogP contribution in [0.3, 0.4) is 0 Å². The first-order valence-electron chi connectivity index (χ1n) is 7.46. The minimum atomic E-state index is -0.217. The number of hydrogen-bond donors (Lipinski definition) is 1. The van der Waals surface area contributed by atoms with Gasteiger partial charge in [-0.2, -0.15) is 0 Å². The van der Waals surface area contributed by atoms with Crippen molar-refractivity contribution in [2.75, 3.05) is 11.6 Å². The van der Waals surface area contributed by atoms with Gasteiger partial charge in [0.25, 0.3) is 5.91 Å². The van der Waals surface area contributed by atoms with Gasteiger partial charge in [0, 0.05) is 21.1 Å². The molecule has 0 bridgehead atoms. The normalized spacial score (nSPS) is 10.5. The van der Waals surface area contributed by atoms with Crippen LogP contribution in [0.15, 0.2) is 81.1 Å². The monoisotopic (exact) mass is 355 g/mol. The van der Waals surface area contributed by atoms with Crippen LogP contribution in [0.4, 0.5) is 5.69 Å². The third-order valence-corrected chi connectivity index (χ3v) is 5.30. The standard InChI is InChI=1S/C19H17NO2S2/c1-23-17-10-6-5-9-16(17)20-19(21)18-14(11-12-22-18)13-24-15-7-3-2-4-8-15/h2-12H,13H2,1H3,(H,20,21). The molecule has 1 amide bonds. The zero-order chi connectivity index (χ0) is 16.8. The van der Waals surface area contributed by atoms with E-state index in [-0.39, 0.29) is 5.91 Å². The number of amides is 1. The third kappa shape index (κ3) is 4.04. The molecule has 0 spiro atoms. The smallest absolute Gasteiger partial charge is 0.291 e. The quantitative estimate of drug-likeness (QED) is 0.589. The lowest BCUT2D eigenvalue weighted by Gasteiger charge is -2.09. The predicted octanol–water partition coefficient (Wildman–Crippen LogP) is 5.55. The average Bonchev–Trinajstić information content (AvgIpc) is 3.10. The van der Waals surface area contributed by atoms with Crippen LogP contribution in [0.5, 0.6) is 0 Å². The van der Waals surface area contributed by atoms with Crippen LogP contribution >= 0.6 is 23.5 Å². The second kappa shape index (κ2) is 8.13. The number of hydrogen-bond acceptors (Lipinski definition) is 4. The number of thioether (sulfide) groups is 2. The van der Waals surface area contributed by atoms with E-state index in [1.54, 1.807) is 29.8 Å². The van der Waals surface area contributed by atoms with E-state index in [1.165, 1.54) is 0 Å². The molecular formula is C19H17NO2S2. The first-order chi connectivity index (χ1) is 11.8. The van der Waals surface area contributed by atoms with Gasteiger partial charge in [0.05, 0.1) is 12.0 Å². The van der Waals surface area contributed by atoms with Crippen molar-refractivity contribution in [2.24, 2.45) is 0 Å². The SMILES string of the molecule is CSc1ccccc1NC(=O)c1occc1CSc1ccccc1. The van der Waals surface area contributed by atoms with Crippen LogP contribution in [-0.4, -0.2) is 12.2 Å². The van der Waals surface area contributed by atoms with Crippen LogP contribution in [0.1, 0.15) is 16.1 Å². The Labute approximate surface area is 149 Å². The fourth-order valence-corrected chi connectivity index (χ4v) is 3.71. The van der Waals surface area contributed by atoms with Crippen LogP contribution in [0.2, 0.25) is 0 Å². The molecule has 0 aliphatic carbocycles. The number of benzene rings is 2. The van der Waals surface area contributed by atoms with Gasteiger partial charge in [-0.25, -0.2) is 0 Å². The minimum absolute atomic E-state index is 0.217. The van der Waals surface area contributed by atoms with Gasteiger partial charge in [-0.05, 0) is 36.6 Å². The molecule has 1 heterocycles. The van der Waals surface area contributed by atoms with E-state index in [4.69, 9.17) is 4.42 Å². The van der Waals surface area contributed by atoms with Crippen molar-refractivity contribution in [2.45, 2.75) is 15.5 Å². The Hall–Kier alpha value is -2.11. The van der Waals surface area contributed by atoms with Gasteiger partial charge in [0.1, 0.15) is 0 Å². The molecule has 0 unspecified atom stereocenters. The fourth-order valence-electron chi connectivity index (χ4n) is 2.25. The summed E-state index contributed by atoms with van der Waals surface area (Å²) in [6, 6.07) is 19.7. The molecule has 1 N–H and O–H groups in total. The summed E-state index contributed by atoms with van der Waals surface area (Å²) in [5, 5.41) is 2.94. The minimum Gasteiger partial charge on any atom is -0.459 e. The molecule has 0 aliphatic heterocycles. The second-order valence-corrected chi connectivity index (χ2v) is 6.93. The van der Waals surface area contributed by atoms with Crippen molar-refractivity contribution in [1.82, 2.24) is 0 Å². The molecule has 0 saturated carbocycles. The maximum Gasteiger partial charge on any atom is 0.291 e. The van der Waals surface area contributed by atoms with Gasteiger partial charge in [-0.15, -0.1) is 23.5 Å². The Bertz CT molecular complexity index is 815. The van der Waals surface area contributed by atoms with Gasteiger partial charge >= 0.3 is 0 Å². The lowest BCUT2D eigenvalue weighted by Crippen LogP contribution is -2.13. The summed E-state index contributed by atoms with van der Waals surface area (Å²) in [5.74, 6) is 0.840. The zero-order valence-electron chi connectivity index (χ0n) is 13.2. The van der Waals surface area contributed by atoms with E-state index in [0.717, 1.165) is 21.0 Å². The third-order valence-electron chi connectivity index (χ3n) is 3.45. The maximum absolute atomic E-state index is 12.6. The van der Waals surface area contributed by atoms with Crippen molar-refractivity contribution in [1.29, 1.82) is 0 Å². The van der Waals surface area contributed by atoms with E-state index in [1.807, 2.05) is 54.8 Å². The van der Waals surface area contributed by atoms with Crippen molar-refractivity contribution in [3.8, 4) is 0 Å². The molecule has 2 aromatic carbocycles. The predicted molar refractivity (Wildman–Crippen MR) is 101 cm³/mol. The van der Waals surface area contributed by atoms with Crippen LogP contribution in [-0.2, 0) is 5.75 Å². The highest BCUT2D eigenvalue weighted by Crippen LogP contribution is 2.27. The molecule has 1 aromatic heterocycles. The zero-order valence-corrected chi connectivity index (χ0v) is 14.8. The number of carbonyl (C=O) groups excluding carboxylic acids is 1.